The van der Waals surface area contributed by atoms with Crippen molar-refractivity contribution in [2.75, 3.05) is 13.6 Å². The van der Waals surface area contributed by atoms with Crippen LogP contribution in [0.1, 0.15) is 39.5 Å². The molecule has 1 saturated carbocycles. The summed E-state index contributed by atoms with van der Waals surface area (Å²) in [4.78, 5) is 0. The molecule has 2 unspecified atom stereocenters. The Kier molecular flexibility index (Phi) is 4.07. The maximum Gasteiger partial charge on any atom is -0.00234 e. The monoisotopic (exact) mass is 169 g/mol. The first-order valence-corrected chi connectivity index (χ1v) is 5.42. The van der Waals surface area contributed by atoms with Crippen LogP contribution in [0.2, 0.25) is 0 Å². The molecule has 0 heterocycles. The normalized spacial score (nSPS) is 36.8. The van der Waals surface area contributed by atoms with Crippen LogP contribution in [0, 0.1) is 17.8 Å². The van der Waals surface area contributed by atoms with E-state index in [1.54, 1.807) is 0 Å². The Labute approximate surface area is 76.9 Å². The van der Waals surface area contributed by atoms with E-state index in [1.165, 1.54) is 32.2 Å². The van der Waals surface area contributed by atoms with Gasteiger partial charge < -0.3 is 5.32 Å². The minimum absolute atomic E-state index is 0.952. The smallest absolute Gasteiger partial charge is 0.00234 e. The molecule has 1 nitrogen and oxygen atoms in total. The van der Waals surface area contributed by atoms with Crippen LogP contribution in [0.15, 0.2) is 0 Å². The fourth-order valence-electron chi connectivity index (χ4n) is 2.65. The Morgan fingerprint density at radius 1 is 1.33 bits per heavy atom. The highest BCUT2D eigenvalue weighted by Crippen LogP contribution is 2.34. The second kappa shape index (κ2) is 4.86. The van der Waals surface area contributed by atoms with Crippen LogP contribution in [0.3, 0.4) is 0 Å². The molecule has 1 aliphatic carbocycles. The van der Waals surface area contributed by atoms with E-state index in [2.05, 4.69) is 26.2 Å². The van der Waals surface area contributed by atoms with E-state index >= 15 is 0 Å². The summed E-state index contributed by atoms with van der Waals surface area (Å²) >= 11 is 0. The molecule has 12 heavy (non-hydrogen) atoms. The fraction of sp³-hybridized carbons (Fsp3) is 1.00. The average Bonchev–Trinajstić information content (AvgIpc) is 2.05. The summed E-state index contributed by atoms with van der Waals surface area (Å²) < 4.78 is 0. The van der Waals surface area contributed by atoms with Gasteiger partial charge in [0.05, 0.1) is 0 Å². The van der Waals surface area contributed by atoms with Crippen molar-refractivity contribution in [1.82, 2.24) is 5.32 Å². The maximum absolute atomic E-state index is 3.29. The van der Waals surface area contributed by atoms with E-state index in [0.29, 0.717) is 0 Å². The SMILES string of the molecule is CCC1CCC(CNC)C[C@@H]1C. The Hall–Kier alpha value is -0.0400. The summed E-state index contributed by atoms with van der Waals surface area (Å²) in [7, 11) is 2.07. The van der Waals surface area contributed by atoms with E-state index in [1.807, 2.05) is 0 Å². The highest BCUT2D eigenvalue weighted by Gasteiger charge is 2.25. The van der Waals surface area contributed by atoms with Gasteiger partial charge in [-0.3, -0.25) is 0 Å². The van der Waals surface area contributed by atoms with E-state index in [4.69, 9.17) is 0 Å². The first kappa shape index (κ1) is 10.0. The predicted molar refractivity (Wildman–Crippen MR) is 54.2 cm³/mol. The van der Waals surface area contributed by atoms with Gasteiger partial charge in [0.2, 0.25) is 0 Å². The zero-order chi connectivity index (χ0) is 8.97. The summed E-state index contributed by atoms with van der Waals surface area (Å²) in [5, 5.41) is 3.29. The molecule has 0 saturated heterocycles. The van der Waals surface area contributed by atoms with Crippen molar-refractivity contribution in [2.45, 2.75) is 39.5 Å². The van der Waals surface area contributed by atoms with Gasteiger partial charge in [-0.05, 0) is 50.6 Å². The third-order valence-corrected chi connectivity index (χ3v) is 3.47. The van der Waals surface area contributed by atoms with E-state index in [0.717, 1.165) is 17.8 Å². The molecule has 1 aliphatic rings. The van der Waals surface area contributed by atoms with Gasteiger partial charge in [0.25, 0.3) is 0 Å². The number of hydrogen-bond donors (Lipinski definition) is 1. The van der Waals surface area contributed by atoms with Crippen molar-refractivity contribution in [3.05, 3.63) is 0 Å². The van der Waals surface area contributed by atoms with Crippen LogP contribution in [0.4, 0.5) is 0 Å². The first-order valence-electron chi connectivity index (χ1n) is 5.42. The molecule has 0 amide bonds. The predicted octanol–water partition coefficient (Wildman–Crippen LogP) is 2.67. The van der Waals surface area contributed by atoms with Crippen molar-refractivity contribution < 1.29 is 0 Å². The molecule has 0 bridgehead atoms. The largest absolute Gasteiger partial charge is 0.319 e. The zero-order valence-corrected chi connectivity index (χ0v) is 8.77. The number of rotatable bonds is 3. The Bertz CT molecular complexity index is 122. The zero-order valence-electron chi connectivity index (χ0n) is 8.77. The van der Waals surface area contributed by atoms with E-state index in [9.17, 15) is 0 Å². The Balaban J connectivity index is 2.30. The lowest BCUT2D eigenvalue weighted by Gasteiger charge is -2.33. The van der Waals surface area contributed by atoms with Crippen molar-refractivity contribution in [3.63, 3.8) is 0 Å². The quantitative estimate of drug-likeness (QED) is 0.685. The summed E-state index contributed by atoms with van der Waals surface area (Å²) in [6, 6.07) is 0. The van der Waals surface area contributed by atoms with Crippen molar-refractivity contribution >= 4 is 0 Å². The lowest BCUT2D eigenvalue weighted by molar-refractivity contribution is 0.188. The van der Waals surface area contributed by atoms with E-state index < -0.39 is 0 Å². The molecule has 1 fully saturated rings. The third-order valence-electron chi connectivity index (χ3n) is 3.47. The standard InChI is InChI=1S/C11H23N/c1-4-11-6-5-10(8-12-3)7-9(11)2/h9-12H,4-8H2,1-3H3/t9-,10?,11?/m0/s1. The van der Waals surface area contributed by atoms with Crippen molar-refractivity contribution in [3.8, 4) is 0 Å². The fourth-order valence-corrected chi connectivity index (χ4v) is 2.65. The number of nitrogens with one attached hydrogen (secondary N) is 1. The molecule has 1 heteroatoms. The lowest BCUT2D eigenvalue weighted by atomic mass is 9.74. The van der Waals surface area contributed by atoms with Crippen LogP contribution in [-0.2, 0) is 0 Å². The maximum atomic E-state index is 3.29. The molecule has 72 valence electrons. The van der Waals surface area contributed by atoms with Gasteiger partial charge in [-0.25, -0.2) is 0 Å². The molecular weight excluding hydrogens is 146 g/mol. The van der Waals surface area contributed by atoms with Gasteiger partial charge in [0.15, 0.2) is 0 Å². The summed E-state index contributed by atoms with van der Waals surface area (Å²) in [5.41, 5.74) is 0. The van der Waals surface area contributed by atoms with Gasteiger partial charge in [0.1, 0.15) is 0 Å². The van der Waals surface area contributed by atoms with Gasteiger partial charge in [-0.1, -0.05) is 20.3 Å². The van der Waals surface area contributed by atoms with Crippen LogP contribution in [-0.4, -0.2) is 13.6 Å². The molecule has 0 aliphatic heterocycles. The first-order chi connectivity index (χ1) is 5.77. The molecule has 0 aromatic heterocycles. The summed E-state index contributed by atoms with van der Waals surface area (Å²) in [6.45, 7) is 5.98. The highest BCUT2D eigenvalue weighted by molar-refractivity contribution is 4.77. The molecular formula is C11H23N. The second-order valence-electron chi connectivity index (χ2n) is 4.38. The molecule has 0 spiro atoms. The van der Waals surface area contributed by atoms with Crippen LogP contribution < -0.4 is 5.32 Å². The molecule has 3 atom stereocenters. The third kappa shape index (κ3) is 2.48. The Morgan fingerprint density at radius 2 is 2.08 bits per heavy atom. The van der Waals surface area contributed by atoms with E-state index in [-0.39, 0.29) is 0 Å². The van der Waals surface area contributed by atoms with Gasteiger partial charge in [-0.2, -0.15) is 0 Å². The lowest BCUT2D eigenvalue weighted by Crippen LogP contribution is -2.28. The molecule has 0 radical (unpaired) electrons. The van der Waals surface area contributed by atoms with Crippen LogP contribution >= 0.6 is 0 Å². The summed E-state index contributed by atoms with van der Waals surface area (Å²) in [6.07, 6.45) is 5.74. The second-order valence-corrected chi connectivity index (χ2v) is 4.38. The number of hydrogen-bond acceptors (Lipinski definition) is 1. The topological polar surface area (TPSA) is 12.0 Å². The van der Waals surface area contributed by atoms with Gasteiger partial charge in [-0.15, -0.1) is 0 Å². The average molecular weight is 169 g/mol. The molecule has 0 aromatic carbocycles. The van der Waals surface area contributed by atoms with Gasteiger partial charge >= 0.3 is 0 Å². The van der Waals surface area contributed by atoms with Gasteiger partial charge in [0, 0.05) is 0 Å². The highest BCUT2D eigenvalue weighted by atomic mass is 14.8. The molecule has 1 rings (SSSR count). The summed E-state index contributed by atoms with van der Waals surface area (Å²) in [5.74, 6) is 2.92. The van der Waals surface area contributed by atoms with Crippen LogP contribution in [0.25, 0.3) is 0 Å². The molecule has 0 aromatic rings. The van der Waals surface area contributed by atoms with Crippen molar-refractivity contribution in [2.24, 2.45) is 17.8 Å². The molecule has 1 N–H and O–H groups in total. The Morgan fingerprint density at radius 3 is 2.58 bits per heavy atom. The van der Waals surface area contributed by atoms with Crippen LogP contribution in [0.5, 0.6) is 0 Å². The minimum Gasteiger partial charge on any atom is -0.319 e. The minimum atomic E-state index is 0.952. The van der Waals surface area contributed by atoms with Crippen molar-refractivity contribution in [1.29, 1.82) is 0 Å².